The number of fused-ring (bicyclic) bond motifs is 1. The SMILES string of the molecule is COc1ccc(CC2C(=O)c3ccc(CC4CCCCCC4)cc3CCC23CCCC(Cc2ccc(F)c(F)c2)CC3)cc1. The van der Waals surface area contributed by atoms with Gasteiger partial charge in [-0.25, -0.2) is 8.78 Å². The number of Topliss-reactive ketones (excluding diaryl/α,β-unsaturated/α-hetero) is 1. The average Bonchev–Trinajstić information content (AvgIpc) is 3.46. The number of ether oxygens (including phenoxy) is 1. The molecular weight excluding hydrogens is 550 g/mol. The number of methoxy groups -OCH3 is 1. The van der Waals surface area contributed by atoms with E-state index in [0.29, 0.717) is 11.7 Å². The number of halogens is 2. The van der Waals surface area contributed by atoms with Crippen molar-refractivity contribution in [2.24, 2.45) is 23.2 Å². The molecule has 0 saturated heterocycles. The fraction of sp³-hybridized carbons (Fsp3) is 0.525. The Hall–Kier alpha value is -3.01. The van der Waals surface area contributed by atoms with Gasteiger partial charge in [-0.3, -0.25) is 4.79 Å². The van der Waals surface area contributed by atoms with E-state index in [-0.39, 0.29) is 11.3 Å². The number of ketones is 1. The van der Waals surface area contributed by atoms with Crippen LogP contribution in [0.3, 0.4) is 0 Å². The van der Waals surface area contributed by atoms with Gasteiger partial charge in [-0.05, 0) is 115 Å². The van der Waals surface area contributed by atoms with Gasteiger partial charge in [0.15, 0.2) is 17.4 Å². The van der Waals surface area contributed by atoms with Crippen molar-refractivity contribution in [1.82, 2.24) is 0 Å². The first-order chi connectivity index (χ1) is 21.4. The van der Waals surface area contributed by atoms with E-state index in [1.165, 1.54) is 67.3 Å². The Morgan fingerprint density at radius 1 is 0.682 bits per heavy atom. The second-order valence-electron chi connectivity index (χ2n) is 14.1. The summed E-state index contributed by atoms with van der Waals surface area (Å²) in [6.07, 6.45) is 17.9. The number of hydrogen-bond acceptors (Lipinski definition) is 2. The molecule has 44 heavy (non-hydrogen) atoms. The number of carbonyl (C=O) groups excluding carboxylic acids is 1. The highest BCUT2D eigenvalue weighted by Crippen LogP contribution is 2.51. The van der Waals surface area contributed by atoms with Gasteiger partial charge in [-0.15, -0.1) is 0 Å². The molecule has 234 valence electrons. The van der Waals surface area contributed by atoms with Crippen molar-refractivity contribution >= 4 is 5.78 Å². The molecule has 3 aliphatic carbocycles. The number of hydrogen-bond donors (Lipinski definition) is 0. The third kappa shape index (κ3) is 7.11. The zero-order valence-corrected chi connectivity index (χ0v) is 26.4. The number of aryl methyl sites for hydroxylation is 1. The largest absolute Gasteiger partial charge is 0.497 e. The average molecular weight is 599 g/mol. The minimum absolute atomic E-state index is 0.0692. The summed E-state index contributed by atoms with van der Waals surface area (Å²) in [6, 6.07) is 19.4. The van der Waals surface area contributed by atoms with E-state index in [0.717, 1.165) is 87.0 Å². The van der Waals surface area contributed by atoms with Crippen LogP contribution in [0.25, 0.3) is 0 Å². The highest BCUT2D eigenvalue weighted by Gasteiger charge is 2.45. The van der Waals surface area contributed by atoms with Crippen molar-refractivity contribution in [2.75, 3.05) is 7.11 Å². The third-order valence-electron chi connectivity index (χ3n) is 11.3. The number of carbonyl (C=O) groups is 1. The molecule has 3 aromatic carbocycles. The van der Waals surface area contributed by atoms with Crippen LogP contribution in [-0.4, -0.2) is 12.9 Å². The Kier molecular flexibility index (Phi) is 9.83. The molecule has 0 aromatic heterocycles. The van der Waals surface area contributed by atoms with E-state index in [4.69, 9.17) is 4.74 Å². The zero-order chi connectivity index (χ0) is 30.5. The summed E-state index contributed by atoms with van der Waals surface area (Å²) in [7, 11) is 1.68. The van der Waals surface area contributed by atoms with E-state index in [2.05, 4.69) is 30.3 Å². The van der Waals surface area contributed by atoms with E-state index >= 15 is 0 Å². The van der Waals surface area contributed by atoms with Crippen molar-refractivity contribution < 1.29 is 18.3 Å². The summed E-state index contributed by atoms with van der Waals surface area (Å²) in [5, 5.41) is 0. The van der Waals surface area contributed by atoms with Gasteiger partial charge >= 0.3 is 0 Å². The summed E-state index contributed by atoms with van der Waals surface area (Å²) in [5.41, 5.74) is 5.57. The lowest BCUT2D eigenvalue weighted by Gasteiger charge is -2.39. The second kappa shape index (κ2) is 14.0. The van der Waals surface area contributed by atoms with Gasteiger partial charge in [-0.2, -0.15) is 0 Å². The van der Waals surface area contributed by atoms with E-state index in [1.807, 2.05) is 12.1 Å². The summed E-state index contributed by atoms with van der Waals surface area (Å²) in [6.45, 7) is 0. The predicted molar refractivity (Wildman–Crippen MR) is 173 cm³/mol. The van der Waals surface area contributed by atoms with E-state index in [9.17, 15) is 13.6 Å². The van der Waals surface area contributed by atoms with Crippen LogP contribution in [0.1, 0.15) is 110 Å². The quantitative estimate of drug-likeness (QED) is 0.253. The van der Waals surface area contributed by atoms with Gasteiger partial charge in [0.2, 0.25) is 0 Å². The van der Waals surface area contributed by atoms with Crippen LogP contribution in [-0.2, 0) is 25.7 Å². The Morgan fingerprint density at radius 3 is 2.07 bits per heavy atom. The van der Waals surface area contributed by atoms with Crippen LogP contribution < -0.4 is 4.74 Å². The zero-order valence-electron chi connectivity index (χ0n) is 26.4. The van der Waals surface area contributed by atoms with Crippen LogP contribution in [0, 0.1) is 34.8 Å². The molecule has 2 nitrogen and oxygen atoms in total. The molecule has 0 amide bonds. The molecule has 0 N–H and O–H groups in total. The van der Waals surface area contributed by atoms with Crippen LogP contribution >= 0.6 is 0 Å². The van der Waals surface area contributed by atoms with E-state index in [1.54, 1.807) is 13.2 Å². The van der Waals surface area contributed by atoms with Gasteiger partial charge in [-0.1, -0.05) is 87.8 Å². The summed E-state index contributed by atoms with van der Waals surface area (Å²) < 4.78 is 33.0. The minimum Gasteiger partial charge on any atom is -0.497 e. The predicted octanol–water partition coefficient (Wildman–Crippen LogP) is 10.3. The maximum atomic E-state index is 14.6. The van der Waals surface area contributed by atoms with Gasteiger partial charge < -0.3 is 4.74 Å². The molecule has 0 aliphatic heterocycles. The first-order valence-electron chi connectivity index (χ1n) is 17.2. The lowest BCUT2D eigenvalue weighted by atomic mass is 9.64. The highest BCUT2D eigenvalue weighted by molar-refractivity contribution is 6.00. The molecule has 3 aliphatic rings. The monoisotopic (exact) mass is 598 g/mol. The van der Waals surface area contributed by atoms with Crippen molar-refractivity contribution in [3.8, 4) is 5.75 Å². The molecule has 0 bridgehead atoms. The van der Waals surface area contributed by atoms with Gasteiger partial charge in [0.25, 0.3) is 0 Å². The summed E-state index contributed by atoms with van der Waals surface area (Å²) in [5.74, 6) is 0.686. The smallest absolute Gasteiger partial charge is 0.167 e. The van der Waals surface area contributed by atoms with Crippen LogP contribution in [0.5, 0.6) is 5.75 Å². The fourth-order valence-electron chi connectivity index (χ4n) is 8.76. The van der Waals surface area contributed by atoms with Crippen LogP contribution in [0.2, 0.25) is 0 Å². The van der Waals surface area contributed by atoms with Crippen molar-refractivity contribution in [2.45, 2.75) is 103 Å². The molecular formula is C40H48F2O2. The van der Waals surface area contributed by atoms with E-state index < -0.39 is 11.6 Å². The molecule has 2 saturated carbocycles. The maximum absolute atomic E-state index is 14.6. The van der Waals surface area contributed by atoms with Crippen LogP contribution in [0.4, 0.5) is 8.78 Å². The van der Waals surface area contributed by atoms with Gasteiger partial charge in [0, 0.05) is 11.5 Å². The molecule has 0 radical (unpaired) electrons. The van der Waals surface area contributed by atoms with Gasteiger partial charge in [0.05, 0.1) is 7.11 Å². The standard InChI is InChI=1S/C40H48F2O2/c1-44-34-14-10-30(11-15-34)26-36-39(43)35-16-12-31(23-28-7-4-2-3-5-8-28)25-33(35)19-22-40(36)20-6-9-29(18-21-40)24-32-13-17-37(41)38(42)27-32/h10-17,25,27-29,36H,2-9,18-24,26H2,1H3. The summed E-state index contributed by atoms with van der Waals surface area (Å²) >= 11 is 0. The Bertz CT molecular complexity index is 1420. The van der Waals surface area contributed by atoms with Crippen LogP contribution in [0.15, 0.2) is 60.7 Å². The molecule has 1 spiro atoms. The normalized spacial score (nSPS) is 24.8. The molecule has 3 unspecified atom stereocenters. The lowest BCUT2D eigenvalue weighted by molar-refractivity contribution is 0.0674. The maximum Gasteiger partial charge on any atom is 0.167 e. The lowest BCUT2D eigenvalue weighted by Crippen LogP contribution is -2.36. The Balaban J connectivity index is 1.26. The molecule has 3 atom stereocenters. The molecule has 3 aromatic rings. The molecule has 2 fully saturated rings. The number of rotatable bonds is 7. The topological polar surface area (TPSA) is 26.3 Å². The summed E-state index contributed by atoms with van der Waals surface area (Å²) in [4.78, 5) is 14.6. The van der Waals surface area contributed by atoms with Crippen molar-refractivity contribution in [1.29, 1.82) is 0 Å². The minimum atomic E-state index is -0.788. The Labute approximate surface area is 262 Å². The molecule has 6 rings (SSSR count). The fourth-order valence-corrected chi connectivity index (χ4v) is 8.76. The van der Waals surface area contributed by atoms with Gasteiger partial charge in [0.1, 0.15) is 5.75 Å². The molecule has 0 heterocycles. The Morgan fingerprint density at radius 2 is 1.34 bits per heavy atom. The molecule has 4 heteroatoms. The third-order valence-corrected chi connectivity index (χ3v) is 11.3. The van der Waals surface area contributed by atoms with Crippen molar-refractivity contribution in [3.63, 3.8) is 0 Å². The first kappa shape index (κ1) is 31.0. The first-order valence-corrected chi connectivity index (χ1v) is 17.2. The second-order valence-corrected chi connectivity index (χ2v) is 14.1. The number of benzene rings is 3. The van der Waals surface area contributed by atoms with Crippen molar-refractivity contribution in [3.05, 3.63) is 100 Å². The highest BCUT2D eigenvalue weighted by atomic mass is 19.2.